The molecule has 1 aromatic carbocycles. The lowest BCUT2D eigenvalue weighted by molar-refractivity contribution is 0.0991. The molecule has 0 amide bonds. The maximum atomic E-state index is 13.0. The van der Waals surface area contributed by atoms with Gasteiger partial charge in [0.1, 0.15) is 11.5 Å². The molecule has 4 heterocycles. The Labute approximate surface area is 189 Å². The van der Waals surface area contributed by atoms with Gasteiger partial charge in [-0.1, -0.05) is 11.3 Å². The van der Waals surface area contributed by atoms with E-state index in [1.54, 1.807) is 23.0 Å². The zero-order valence-electron chi connectivity index (χ0n) is 20.6. The molecule has 162 valence electrons. The van der Waals surface area contributed by atoms with Crippen molar-refractivity contribution in [3.05, 3.63) is 60.0 Å². The number of carbonyl (C=O) groups is 1. The molecule has 1 aliphatic heterocycles. The molecule has 0 atom stereocenters. The van der Waals surface area contributed by atoms with E-state index in [0.717, 1.165) is 22.2 Å². The number of nitrogens with zero attached hydrogens (tertiary/aromatic N) is 8. The second-order valence-corrected chi connectivity index (χ2v) is 7.86. The molecule has 9 heteroatoms. The Morgan fingerprint density at radius 3 is 2.72 bits per heavy atom. The van der Waals surface area contributed by atoms with Crippen molar-refractivity contribution < 1.29 is 8.91 Å². The minimum Gasteiger partial charge on any atom is -0.354 e. The summed E-state index contributed by atoms with van der Waals surface area (Å²) >= 11 is 0. The summed E-state index contributed by atoms with van der Waals surface area (Å²) in [5, 5.41) is 17.5. The van der Waals surface area contributed by atoms with Crippen molar-refractivity contribution in [3.63, 3.8) is 0 Å². The molecule has 0 bridgehead atoms. The van der Waals surface area contributed by atoms with Gasteiger partial charge in [0.15, 0.2) is 5.78 Å². The Hall–Kier alpha value is -3.72. The first kappa shape index (κ1) is 16.9. The first-order valence-corrected chi connectivity index (χ1v) is 10.4. The second-order valence-electron chi connectivity index (χ2n) is 7.86. The quantitative estimate of drug-likeness (QED) is 0.443. The van der Waals surface area contributed by atoms with E-state index in [1.807, 2.05) is 42.4 Å². The van der Waals surface area contributed by atoms with Crippen molar-refractivity contribution in [2.24, 2.45) is 7.05 Å². The van der Waals surface area contributed by atoms with E-state index in [2.05, 4.69) is 25.5 Å². The van der Waals surface area contributed by atoms with Crippen LogP contribution < -0.4 is 4.90 Å². The van der Waals surface area contributed by atoms with Gasteiger partial charge in [-0.05, 0) is 37.3 Å². The third kappa shape index (κ3) is 4.19. The normalized spacial score (nSPS) is 16.5. The van der Waals surface area contributed by atoms with Gasteiger partial charge in [-0.3, -0.25) is 9.48 Å². The number of likely N-dealkylation sites (N-methyl/N-ethyl adjacent to an activating group) is 1. The van der Waals surface area contributed by atoms with Crippen LogP contribution in [0.25, 0.3) is 22.2 Å². The van der Waals surface area contributed by atoms with Crippen LogP contribution in [0, 0.1) is 0 Å². The lowest BCUT2D eigenvalue weighted by Crippen LogP contribution is -2.44. The van der Waals surface area contributed by atoms with Crippen LogP contribution in [-0.2, 0) is 13.5 Å². The molecule has 1 aliphatic rings. The van der Waals surface area contributed by atoms with E-state index in [-0.39, 0.29) is 12.2 Å². The van der Waals surface area contributed by atoms with Crippen LogP contribution in [0.2, 0.25) is 0 Å². The molecular formula is C23H24N8O. The number of hydrogen-bond acceptors (Lipinski definition) is 8. The SMILES string of the molecule is [2H]C([2H])([2H])N1CCN(c2cc(C(=O)Cc3cc4cc(-c5cn(C)nn5)ccc4nn3)ccn2)CC1. The number of rotatable bonds is 5. The van der Waals surface area contributed by atoms with Crippen LogP contribution in [0.1, 0.15) is 20.2 Å². The summed E-state index contributed by atoms with van der Waals surface area (Å²) in [5.41, 5.74) is 3.50. The number of hydrogen-bond donors (Lipinski definition) is 0. The molecule has 0 N–H and O–H groups in total. The lowest BCUT2D eigenvalue weighted by atomic mass is 10.0. The van der Waals surface area contributed by atoms with Gasteiger partial charge in [-0.2, -0.15) is 10.2 Å². The molecule has 0 saturated carbocycles. The van der Waals surface area contributed by atoms with Crippen LogP contribution in [0.5, 0.6) is 0 Å². The molecule has 0 unspecified atom stereocenters. The van der Waals surface area contributed by atoms with Crippen molar-refractivity contribution in [2.45, 2.75) is 6.42 Å². The summed E-state index contributed by atoms with van der Waals surface area (Å²) in [5.74, 6) is 0.577. The molecule has 32 heavy (non-hydrogen) atoms. The molecule has 1 saturated heterocycles. The van der Waals surface area contributed by atoms with Gasteiger partial charge < -0.3 is 9.80 Å². The second kappa shape index (κ2) is 8.43. The van der Waals surface area contributed by atoms with Crippen molar-refractivity contribution in [3.8, 4) is 11.3 Å². The molecule has 9 nitrogen and oxygen atoms in total. The zero-order chi connectivity index (χ0) is 24.6. The standard InChI is InChI=1S/C23H24N8O/c1-29-7-9-31(10-8-29)23-13-17(5-6-24-23)22(32)14-19-12-18-11-16(3-4-20(18)26-25-19)21-15-30(2)28-27-21/h3-6,11-13,15H,7-10,14H2,1-2H3/i1D3. The molecule has 1 fully saturated rings. The van der Waals surface area contributed by atoms with Crippen LogP contribution in [0.4, 0.5) is 5.82 Å². The topological polar surface area (TPSA) is 92.9 Å². The Balaban J connectivity index is 1.31. The van der Waals surface area contributed by atoms with E-state index in [9.17, 15) is 4.79 Å². The highest BCUT2D eigenvalue weighted by Crippen LogP contribution is 2.22. The number of benzene rings is 1. The number of carbonyl (C=O) groups excluding carboxylic acids is 1. The minimum atomic E-state index is -2.09. The highest BCUT2D eigenvalue weighted by atomic mass is 16.1. The molecule has 3 aromatic heterocycles. The van der Waals surface area contributed by atoms with Crippen LogP contribution in [0.15, 0.2) is 48.8 Å². The Bertz CT molecular complexity index is 1380. The summed E-state index contributed by atoms with van der Waals surface area (Å²) < 4.78 is 24.3. The number of pyridine rings is 1. The fraction of sp³-hybridized carbons (Fsp3) is 0.304. The van der Waals surface area contributed by atoms with E-state index in [1.165, 1.54) is 4.90 Å². The first-order valence-electron chi connectivity index (χ1n) is 11.9. The highest BCUT2D eigenvalue weighted by Gasteiger charge is 2.17. The van der Waals surface area contributed by atoms with E-state index < -0.39 is 6.98 Å². The van der Waals surface area contributed by atoms with E-state index in [4.69, 9.17) is 4.11 Å². The number of piperazine rings is 1. The van der Waals surface area contributed by atoms with Gasteiger partial charge in [-0.25, -0.2) is 4.98 Å². The van der Waals surface area contributed by atoms with Crippen LogP contribution in [-0.4, -0.2) is 74.0 Å². The predicted octanol–water partition coefficient (Wildman–Crippen LogP) is 2.00. The molecule has 5 rings (SSSR count). The summed E-state index contributed by atoms with van der Waals surface area (Å²) in [7, 11) is 1.81. The number of anilines is 1. The van der Waals surface area contributed by atoms with Gasteiger partial charge in [0, 0.05) is 60.0 Å². The molecular weight excluding hydrogens is 404 g/mol. The maximum Gasteiger partial charge on any atom is 0.169 e. The highest BCUT2D eigenvalue weighted by molar-refractivity contribution is 5.98. The number of aromatic nitrogens is 6. The van der Waals surface area contributed by atoms with Crippen molar-refractivity contribution in [1.82, 2.24) is 35.1 Å². The minimum absolute atomic E-state index is 0.0893. The number of fused-ring (bicyclic) bond motifs is 1. The van der Waals surface area contributed by atoms with E-state index >= 15 is 0 Å². The Morgan fingerprint density at radius 1 is 1.06 bits per heavy atom. The van der Waals surface area contributed by atoms with Crippen molar-refractivity contribution >= 4 is 22.5 Å². The van der Waals surface area contributed by atoms with Gasteiger partial charge in [0.05, 0.1) is 23.8 Å². The molecule has 0 spiro atoms. The summed E-state index contributed by atoms with van der Waals surface area (Å²) in [6.45, 7) is -0.187. The van der Waals surface area contributed by atoms with E-state index in [0.29, 0.717) is 43.3 Å². The monoisotopic (exact) mass is 431 g/mol. The number of aryl methyl sites for hydroxylation is 1. The van der Waals surface area contributed by atoms with Gasteiger partial charge in [-0.15, -0.1) is 5.10 Å². The zero-order valence-corrected chi connectivity index (χ0v) is 17.6. The van der Waals surface area contributed by atoms with Gasteiger partial charge in [0.25, 0.3) is 0 Å². The Morgan fingerprint density at radius 2 is 1.94 bits per heavy atom. The third-order valence-corrected chi connectivity index (χ3v) is 5.55. The average molecular weight is 432 g/mol. The smallest absolute Gasteiger partial charge is 0.169 e. The third-order valence-electron chi connectivity index (χ3n) is 5.55. The predicted molar refractivity (Wildman–Crippen MR) is 122 cm³/mol. The fourth-order valence-corrected chi connectivity index (χ4v) is 3.78. The van der Waals surface area contributed by atoms with Gasteiger partial charge >= 0.3 is 0 Å². The van der Waals surface area contributed by atoms with Crippen LogP contribution >= 0.6 is 0 Å². The summed E-state index contributed by atoms with van der Waals surface area (Å²) in [4.78, 5) is 20.9. The van der Waals surface area contributed by atoms with Crippen LogP contribution in [0.3, 0.4) is 0 Å². The lowest BCUT2D eigenvalue weighted by Gasteiger charge is -2.33. The fourth-order valence-electron chi connectivity index (χ4n) is 3.78. The average Bonchev–Trinajstić information content (AvgIpc) is 3.29. The Kier molecular flexibility index (Phi) is 4.45. The molecule has 0 aliphatic carbocycles. The summed E-state index contributed by atoms with van der Waals surface area (Å²) in [6.07, 6.45) is 3.55. The van der Waals surface area contributed by atoms with Crippen molar-refractivity contribution in [2.75, 3.05) is 38.1 Å². The van der Waals surface area contributed by atoms with Gasteiger partial charge in [0.2, 0.25) is 0 Å². The summed E-state index contributed by atoms with van der Waals surface area (Å²) in [6, 6.07) is 11.1. The maximum absolute atomic E-state index is 13.0. The first-order chi connectivity index (χ1) is 16.8. The molecule has 4 aromatic rings. The van der Waals surface area contributed by atoms with Crippen molar-refractivity contribution in [1.29, 1.82) is 0 Å². The largest absolute Gasteiger partial charge is 0.354 e. The number of Topliss-reactive ketones (excluding diaryl/α,β-unsaturated/α-hetero) is 1. The molecule has 0 radical (unpaired) electrons. The number of ketones is 1.